The maximum absolute atomic E-state index is 6.90. The van der Waals surface area contributed by atoms with E-state index in [0.29, 0.717) is 28.6 Å². The highest BCUT2D eigenvalue weighted by Gasteiger charge is 2.25. The van der Waals surface area contributed by atoms with Gasteiger partial charge in [-0.15, -0.1) is 0 Å². The monoisotopic (exact) mass is 869 g/mol. The Kier molecular flexibility index (Phi) is 7.65. The summed E-state index contributed by atoms with van der Waals surface area (Å²) in [6.07, 6.45) is 0. The Morgan fingerprint density at radius 2 is 0.809 bits per heavy atom. The summed E-state index contributed by atoms with van der Waals surface area (Å²) >= 11 is 0. The van der Waals surface area contributed by atoms with Crippen molar-refractivity contribution in [3.63, 3.8) is 0 Å². The summed E-state index contributed by atoms with van der Waals surface area (Å²) in [6.45, 7) is 0. The number of hydrogen-bond donors (Lipinski definition) is 0. The van der Waals surface area contributed by atoms with Gasteiger partial charge < -0.3 is 18.0 Å². The van der Waals surface area contributed by atoms with E-state index in [1.807, 2.05) is 36.4 Å². The minimum absolute atomic E-state index is 0.481. The Balaban J connectivity index is 1.07. The smallest absolute Gasteiger partial charge is 0.167 e. The maximum atomic E-state index is 6.90. The van der Waals surface area contributed by atoms with Crippen molar-refractivity contribution >= 4 is 98.3 Å². The highest BCUT2D eigenvalue weighted by atomic mass is 16.3. The van der Waals surface area contributed by atoms with Crippen LogP contribution in [0.15, 0.2) is 221 Å². The second-order valence-corrected chi connectivity index (χ2v) is 17.5. The van der Waals surface area contributed by atoms with Crippen molar-refractivity contribution in [2.45, 2.75) is 0 Å². The molecule has 0 unspecified atom stereocenters. The van der Waals surface area contributed by atoms with Gasteiger partial charge in [0, 0.05) is 60.0 Å². The zero-order valence-electron chi connectivity index (χ0n) is 36.3. The SMILES string of the molecule is c1ccc(-n2c3ccccc3c3cccc(-c4nc(-c5cccc6c5oc5ccccc56)nc(-c5cc(-n6c7ccccc7c7cc8ccccc8cc76)cc6c5oc5ccccc56)n4)c32)cc1. The van der Waals surface area contributed by atoms with E-state index in [1.165, 1.54) is 21.5 Å². The molecule has 0 atom stereocenters. The molecule has 0 N–H and O–H groups in total. The number of nitrogens with zero attached hydrogens (tertiary/aromatic N) is 5. The Morgan fingerprint density at radius 3 is 1.54 bits per heavy atom. The summed E-state index contributed by atoms with van der Waals surface area (Å²) in [5, 5.41) is 11.0. The second-order valence-electron chi connectivity index (χ2n) is 17.5. The quantitative estimate of drug-likeness (QED) is 0.172. The maximum Gasteiger partial charge on any atom is 0.167 e. The molecule has 5 aromatic heterocycles. The van der Waals surface area contributed by atoms with Crippen LogP contribution in [0.4, 0.5) is 0 Å². The predicted molar refractivity (Wildman–Crippen MR) is 277 cm³/mol. The third-order valence-electron chi connectivity index (χ3n) is 13.7. The number of furan rings is 2. The first-order chi connectivity index (χ1) is 33.7. The zero-order valence-corrected chi connectivity index (χ0v) is 36.3. The number of para-hydroxylation sites is 7. The molecule has 0 fully saturated rings. The van der Waals surface area contributed by atoms with Crippen molar-refractivity contribution in [3.05, 3.63) is 212 Å². The van der Waals surface area contributed by atoms with Crippen LogP contribution >= 0.6 is 0 Å². The van der Waals surface area contributed by atoms with Gasteiger partial charge in [0.25, 0.3) is 0 Å². The molecule has 0 aliphatic heterocycles. The first kappa shape index (κ1) is 36.9. The Labute approximate surface area is 387 Å². The molecule has 0 amide bonds. The molecule has 0 radical (unpaired) electrons. The predicted octanol–water partition coefficient (Wildman–Crippen LogP) is 16.0. The molecule has 0 saturated carbocycles. The Bertz CT molecular complexity index is 4570. The lowest BCUT2D eigenvalue weighted by Crippen LogP contribution is -2.03. The average Bonchev–Trinajstić information content (AvgIpc) is 4.15. The number of fused-ring (bicyclic) bond motifs is 13. The van der Waals surface area contributed by atoms with Gasteiger partial charge in [-0.2, -0.15) is 0 Å². The molecule has 5 heterocycles. The fourth-order valence-electron chi connectivity index (χ4n) is 10.7. The van der Waals surface area contributed by atoms with Gasteiger partial charge in [0.15, 0.2) is 17.5 Å². The van der Waals surface area contributed by atoms with Crippen LogP contribution in [0.1, 0.15) is 0 Å². The second kappa shape index (κ2) is 14.1. The largest absolute Gasteiger partial charge is 0.455 e. The molecule has 7 heteroatoms. The van der Waals surface area contributed by atoms with Crippen molar-refractivity contribution in [2.24, 2.45) is 0 Å². The topological polar surface area (TPSA) is 74.8 Å². The van der Waals surface area contributed by atoms with Crippen LogP contribution in [-0.4, -0.2) is 24.1 Å². The lowest BCUT2D eigenvalue weighted by atomic mass is 10.0. The average molecular weight is 870 g/mol. The van der Waals surface area contributed by atoms with Crippen LogP contribution in [-0.2, 0) is 0 Å². The third kappa shape index (κ3) is 5.32. The van der Waals surface area contributed by atoms with Gasteiger partial charge in [0.2, 0.25) is 0 Å². The van der Waals surface area contributed by atoms with Gasteiger partial charge >= 0.3 is 0 Å². The van der Waals surface area contributed by atoms with Crippen LogP contribution in [0.3, 0.4) is 0 Å². The van der Waals surface area contributed by atoms with Gasteiger partial charge in [-0.25, -0.2) is 15.0 Å². The summed E-state index contributed by atoms with van der Waals surface area (Å²) < 4.78 is 18.3. The zero-order chi connectivity index (χ0) is 44.5. The van der Waals surface area contributed by atoms with E-state index >= 15 is 0 Å². The first-order valence-electron chi connectivity index (χ1n) is 22.8. The van der Waals surface area contributed by atoms with E-state index in [1.54, 1.807) is 0 Å². The molecule has 0 aliphatic rings. The highest BCUT2D eigenvalue weighted by Crippen LogP contribution is 2.44. The van der Waals surface area contributed by atoms with E-state index < -0.39 is 0 Å². The van der Waals surface area contributed by atoms with Gasteiger partial charge in [-0.1, -0.05) is 140 Å². The molecule has 0 bridgehead atoms. The van der Waals surface area contributed by atoms with Gasteiger partial charge in [0.1, 0.15) is 22.3 Å². The minimum Gasteiger partial charge on any atom is -0.455 e. The molecule has 15 rings (SSSR count). The minimum atomic E-state index is 0.481. The summed E-state index contributed by atoms with van der Waals surface area (Å²) in [5.74, 6) is 1.50. The molecule has 10 aromatic carbocycles. The first-order valence-corrected chi connectivity index (χ1v) is 22.8. The van der Waals surface area contributed by atoms with Crippen LogP contribution in [0.25, 0.3) is 144 Å². The third-order valence-corrected chi connectivity index (χ3v) is 13.7. The van der Waals surface area contributed by atoms with Crippen LogP contribution in [0.5, 0.6) is 0 Å². The standard InChI is InChI=1S/C61H35N5O2/c1-2-18-38(19-3-1)66-52-29-11-6-20-40(52)44-24-14-26-46(56(44)66)59-62-60(47-27-15-25-45-42-22-8-12-30-54(42)67-57(45)47)64-61(63-59)50-35-39(34-49-43-23-9-13-31-55(43)68-58(49)50)65-51-28-10-7-21-41(51)48-32-36-16-4-5-17-37(36)33-53(48)65/h1-35H. The normalized spacial score (nSPS) is 12.1. The number of hydrogen-bond acceptors (Lipinski definition) is 5. The Morgan fingerprint density at radius 1 is 0.294 bits per heavy atom. The van der Waals surface area contributed by atoms with Crippen molar-refractivity contribution in [2.75, 3.05) is 0 Å². The van der Waals surface area contributed by atoms with E-state index in [4.69, 9.17) is 23.8 Å². The molecule has 7 nitrogen and oxygen atoms in total. The molecular weight excluding hydrogens is 835 g/mol. The van der Waals surface area contributed by atoms with Gasteiger partial charge in [0.05, 0.1) is 33.2 Å². The summed E-state index contributed by atoms with van der Waals surface area (Å²) in [5.41, 5.74) is 11.7. The van der Waals surface area contributed by atoms with E-state index in [9.17, 15) is 0 Å². The number of rotatable bonds is 5. The van der Waals surface area contributed by atoms with Crippen molar-refractivity contribution in [3.8, 4) is 45.5 Å². The van der Waals surface area contributed by atoms with Crippen molar-refractivity contribution < 1.29 is 8.83 Å². The summed E-state index contributed by atoms with van der Waals surface area (Å²) in [4.78, 5) is 16.5. The molecular formula is C61H35N5O2. The van der Waals surface area contributed by atoms with Crippen molar-refractivity contribution in [1.82, 2.24) is 24.1 Å². The number of aromatic nitrogens is 5. The van der Waals surface area contributed by atoms with Crippen molar-refractivity contribution in [1.29, 1.82) is 0 Å². The van der Waals surface area contributed by atoms with Gasteiger partial charge in [-0.3, -0.25) is 0 Å². The fraction of sp³-hybridized carbons (Fsp3) is 0. The van der Waals surface area contributed by atoms with Crippen LogP contribution in [0, 0.1) is 0 Å². The van der Waals surface area contributed by atoms with E-state index in [2.05, 4.69) is 185 Å². The Hall–Kier alpha value is -9.33. The van der Waals surface area contributed by atoms with Crippen LogP contribution in [0.2, 0.25) is 0 Å². The molecule has 316 valence electrons. The van der Waals surface area contributed by atoms with E-state index in [-0.39, 0.29) is 0 Å². The lowest BCUT2D eigenvalue weighted by Gasteiger charge is -2.14. The fourth-order valence-corrected chi connectivity index (χ4v) is 10.7. The summed E-state index contributed by atoms with van der Waals surface area (Å²) in [6, 6.07) is 74.4. The molecule has 15 aromatic rings. The molecule has 0 spiro atoms. The summed E-state index contributed by atoms with van der Waals surface area (Å²) in [7, 11) is 0. The van der Waals surface area contributed by atoms with E-state index in [0.717, 1.165) is 93.6 Å². The lowest BCUT2D eigenvalue weighted by molar-refractivity contribution is 0.669. The molecule has 68 heavy (non-hydrogen) atoms. The molecule has 0 aliphatic carbocycles. The highest BCUT2D eigenvalue weighted by molar-refractivity contribution is 6.16. The molecule has 0 saturated heterocycles. The van der Waals surface area contributed by atoms with Gasteiger partial charge in [-0.05, 0) is 83.6 Å². The van der Waals surface area contributed by atoms with Crippen LogP contribution < -0.4 is 0 Å². The number of benzene rings is 10.